The van der Waals surface area contributed by atoms with Gasteiger partial charge >= 0.3 is 0 Å². The van der Waals surface area contributed by atoms with E-state index in [1.54, 1.807) is 18.2 Å². The van der Waals surface area contributed by atoms with Crippen LogP contribution >= 0.6 is 24.0 Å². The van der Waals surface area contributed by atoms with Gasteiger partial charge in [0.05, 0.1) is 22.5 Å². The number of benzene rings is 1. The van der Waals surface area contributed by atoms with Gasteiger partial charge in [-0.25, -0.2) is 8.42 Å². The lowest BCUT2D eigenvalue weighted by Crippen LogP contribution is -2.39. The van der Waals surface area contributed by atoms with Crippen molar-refractivity contribution in [2.75, 3.05) is 18.3 Å². The standard InChI is InChI=1S/C15H13NO5S3/c17-14-13(6-9-1-2-11-12(5-9)21-8-20-11)23-15(22)16(14)10-3-4-24(18,19)7-10/h1-2,5-6,10H,3-4,7-8H2/b13-6+/t10-/m0/s1. The third-order valence-electron chi connectivity index (χ3n) is 4.09. The molecule has 0 spiro atoms. The van der Waals surface area contributed by atoms with Crippen LogP contribution in [-0.2, 0) is 14.6 Å². The SMILES string of the molecule is O=C1/C(=C\c2ccc3c(c2)OCO3)SC(=S)N1[C@H]1CCS(=O)(=O)C1. The molecule has 3 aliphatic rings. The van der Waals surface area contributed by atoms with Crippen molar-refractivity contribution in [1.29, 1.82) is 0 Å². The second kappa shape index (κ2) is 5.75. The monoisotopic (exact) mass is 383 g/mol. The molecule has 0 saturated carbocycles. The third-order valence-corrected chi connectivity index (χ3v) is 7.17. The maximum atomic E-state index is 12.7. The Morgan fingerprint density at radius 3 is 2.83 bits per heavy atom. The number of carbonyl (C=O) groups is 1. The fourth-order valence-corrected chi connectivity index (χ4v) is 6.03. The zero-order valence-corrected chi connectivity index (χ0v) is 14.9. The molecule has 1 atom stereocenters. The highest BCUT2D eigenvalue weighted by atomic mass is 32.2. The van der Waals surface area contributed by atoms with Crippen molar-refractivity contribution >= 4 is 50.1 Å². The van der Waals surface area contributed by atoms with Crippen LogP contribution in [0, 0.1) is 0 Å². The largest absolute Gasteiger partial charge is 0.454 e. The molecule has 0 aliphatic carbocycles. The maximum absolute atomic E-state index is 12.7. The van der Waals surface area contributed by atoms with Crippen LogP contribution in [0.5, 0.6) is 11.5 Å². The molecular formula is C15H13NO5S3. The second-order valence-electron chi connectivity index (χ2n) is 5.72. The number of ether oxygens (including phenoxy) is 2. The van der Waals surface area contributed by atoms with Gasteiger partial charge in [0.1, 0.15) is 4.32 Å². The van der Waals surface area contributed by atoms with Gasteiger partial charge in [-0.05, 0) is 30.2 Å². The van der Waals surface area contributed by atoms with E-state index in [0.717, 1.165) is 5.56 Å². The van der Waals surface area contributed by atoms with Gasteiger partial charge in [0.15, 0.2) is 21.3 Å². The molecule has 1 aromatic rings. The predicted octanol–water partition coefficient (Wildman–Crippen LogP) is 1.80. The quantitative estimate of drug-likeness (QED) is 0.570. The first-order valence-corrected chi connectivity index (χ1v) is 10.3. The lowest BCUT2D eigenvalue weighted by atomic mass is 10.1. The van der Waals surface area contributed by atoms with Crippen LogP contribution in [0.25, 0.3) is 6.08 Å². The van der Waals surface area contributed by atoms with E-state index in [1.807, 2.05) is 6.07 Å². The average Bonchev–Trinajstić information content (AvgIpc) is 3.18. The molecule has 0 N–H and O–H groups in total. The molecule has 1 aromatic carbocycles. The number of thiocarbonyl (C=S) groups is 1. The summed E-state index contributed by atoms with van der Waals surface area (Å²) in [7, 11) is -3.08. The average molecular weight is 383 g/mol. The molecule has 0 unspecified atom stereocenters. The third kappa shape index (κ3) is 2.80. The number of fused-ring (bicyclic) bond motifs is 1. The van der Waals surface area contributed by atoms with Gasteiger partial charge in [0, 0.05) is 0 Å². The first-order valence-electron chi connectivity index (χ1n) is 7.30. The van der Waals surface area contributed by atoms with Crippen LogP contribution in [-0.4, -0.2) is 47.9 Å². The molecule has 6 nitrogen and oxygen atoms in total. The van der Waals surface area contributed by atoms with Crippen molar-refractivity contribution in [2.24, 2.45) is 0 Å². The summed E-state index contributed by atoms with van der Waals surface area (Å²) in [5.74, 6) is 1.17. The van der Waals surface area contributed by atoms with Gasteiger partial charge in [0.2, 0.25) is 6.79 Å². The van der Waals surface area contributed by atoms with E-state index in [2.05, 4.69) is 0 Å². The van der Waals surface area contributed by atoms with E-state index in [9.17, 15) is 13.2 Å². The van der Waals surface area contributed by atoms with Crippen LogP contribution in [0.15, 0.2) is 23.1 Å². The molecule has 126 valence electrons. The number of carbonyl (C=O) groups excluding carboxylic acids is 1. The second-order valence-corrected chi connectivity index (χ2v) is 9.63. The highest BCUT2D eigenvalue weighted by Crippen LogP contribution is 2.38. The summed E-state index contributed by atoms with van der Waals surface area (Å²) < 4.78 is 34.3. The molecular weight excluding hydrogens is 370 g/mol. The Morgan fingerprint density at radius 1 is 1.29 bits per heavy atom. The molecule has 0 radical (unpaired) electrons. The summed E-state index contributed by atoms with van der Waals surface area (Å²) in [5.41, 5.74) is 0.804. The lowest BCUT2D eigenvalue weighted by Gasteiger charge is -2.20. The van der Waals surface area contributed by atoms with Crippen molar-refractivity contribution in [3.63, 3.8) is 0 Å². The molecule has 2 fully saturated rings. The van der Waals surface area contributed by atoms with Crippen molar-refractivity contribution in [2.45, 2.75) is 12.5 Å². The number of hydrogen-bond donors (Lipinski definition) is 0. The summed E-state index contributed by atoms with van der Waals surface area (Å²) in [4.78, 5) is 14.6. The van der Waals surface area contributed by atoms with Gasteiger partial charge in [0.25, 0.3) is 5.91 Å². The summed E-state index contributed by atoms with van der Waals surface area (Å²) >= 11 is 6.49. The summed E-state index contributed by atoms with van der Waals surface area (Å²) in [5, 5.41) is 0. The fourth-order valence-electron chi connectivity index (χ4n) is 2.93. The van der Waals surface area contributed by atoms with Gasteiger partial charge in [-0.15, -0.1) is 0 Å². The molecule has 0 aromatic heterocycles. The number of sulfone groups is 1. The summed E-state index contributed by atoms with van der Waals surface area (Å²) in [6.45, 7) is 0.192. The van der Waals surface area contributed by atoms with Gasteiger partial charge in [-0.3, -0.25) is 9.69 Å². The van der Waals surface area contributed by atoms with Crippen LogP contribution in [0.2, 0.25) is 0 Å². The Hall–Kier alpha value is -1.58. The zero-order chi connectivity index (χ0) is 16.9. The molecule has 9 heteroatoms. The number of rotatable bonds is 2. The van der Waals surface area contributed by atoms with Crippen molar-refractivity contribution in [1.82, 2.24) is 4.90 Å². The molecule has 24 heavy (non-hydrogen) atoms. The Balaban J connectivity index is 1.59. The van der Waals surface area contributed by atoms with Crippen LogP contribution < -0.4 is 9.47 Å². The minimum atomic E-state index is -3.08. The highest BCUT2D eigenvalue weighted by molar-refractivity contribution is 8.26. The van der Waals surface area contributed by atoms with Gasteiger partial charge in [-0.2, -0.15) is 0 Å². The van der Waals surface area contributed by atoms with Crippen molar-refractivity contribution in [3.05, 3.63) is 28.7 Å². The lowest BCUT2D eigenvalue weighted by molar-refractivity contribution is -0.123. The summed E-state index contributed by atoms with van der Waals surface area (Å²) in [6, 6.07) is 5.07. The molecule has 1 amide bonds. The highest BCUT2D eigenvalue weighted by Gasteiger charge is 2.42. The molecule has 3 heterocycles. The minimum absolute atomic E-state index is 0.0171. The van der Waals surface area contributed by atoms with Crippen molar-refractivity contribution in [3.8, 4) is 11.5 Å². The first kappa shape index (κ1) is 15.9. The van der Waals surface area contributed by atoms with Crippen LogP contribution in [0.1, 0.15) is 12.0 Å². The number of thioether (sulfide) groups is 1. The topological polar surface area (TPSA) is 72.9 Å². The predicted molar refractivity (Wildman–Crippen MR) is 94.6 cm³/mol. The Morgan fingerprint density at radius 2 is 2.08 bits per heavy atom. The van der Waals surface area contributed by atoms with Crippen LogP contribution in [0.4, 0.5) is 0 Å². The fraction of sp³-hybridized carbons (Fsp3) is 0.333. The molecule has 4 rings (SSSR count). The Kier molecular flexibility index (Phi) is 3.81. The van der Waals surface area contributed by atoms with E-state index in [0.29, 0.717) is 27.1 Å². The van der Waals surface area contributed by atoms with E-state index < -0.39 is 9.84 Å². The first-order chi connectivity index (χ1) is 11.4. The molecule has 0 bridgehead atoms. The van der Waals surface area contributed by atoms with Crippen LogP contribution in [0.3, 0.4) is 0 Å². The minimum Gasteiger partial charge on any atom is -0.454 e. The van der Waals surface area contributed by atoms with E-state index >= 15 is 0 Å². The number of amides is 1. The number of hydrogen-bond acceptors (Lipinski definition) is 7. The van der Waals surface area contributed by atoms with E-state index in [-0.39, 0.29) is 30.2 Å². The summed E-state index contributed by atoms with van der Waals surface area (Å²) in [6.07, 6.45) is 2.18. The molecule has 3 aliphatic heterocycles. The van der Waals surface area contributed by atoms with E-state index in [1.165, 1.54) is 16.7 Å². The van der Waals surface area contributed by atoms with Gasteiger partial charge < -0.3 is 9.47 Å². The normalized spacial score (nSPS) is 26.6. The molecule has 2 saturated heterocycles. The zero-order valence-electron chi connectivity index (χ0n) is 12.4. The van der Waals surface area contributed by atoms with E-state index in [4.69, 9.17) is 21.7 Å². The van der Waals surface area contributed by atoms with Gasteiger partial charge in [-0.1, -0.05) is 30.0 Å². The maximum Gasteiger partial charge on any atom is 0.266 e. The smallest absolute Gasteiger partial charge is 0.266 e. The number of nitrogens with zero attached hydrogens (tertiary/aromatic N) is 1. The Bertz CT molecular complexity index is 877. The Labute approximate surface area is 148 Å². The van der Waals surface area contributed by atoms with Crippen molar-refractivity contribution < 1.29 is 22.7 Å².